The van der Waals surface area contributed by atoms with Crippen LogP contribution in [0.2, 0.25) is 0 Å². The fourth-order valence-corrected chi connectivity index (χ4v) is 1.43. The molecule has 0 unspecified atom stereocenters. The van der Waals surface area contributed by atoms with E-state index in [2.05, 4.69) is 9.97 Å². The van der Waals surface area contributed by atoms with Crippen molar-refractivity contribution in [2.75, 3.05) is 31.3 Å². The molecule has 1 aromatic rings. The van der Waals surface area contributed by atoms with E-state index in [4.69, 9.17) is 5.73 Å². The van der Waals surface area contributed by atoms with E-state index < -0.39 is 0 Å². The Bertz CT molecular complexity index is 327. The molecule has 82 valence electrons. The van der Waals surface area contributed by atoms with Crippen molar-refractivity contribution in [3.63, 3.8) is 0 Å². The van der Waals surface area contributed by atoms with Crippen molar-refractivity contribution >= 4 is 23.5 Å². The lowest BCUT2D eigenvalue weighted by Gasteiger charge is -2.15. The number of rotatable bonds is 4. The first-order valence-corrected chi connectivity index (χ1v) is 5.86. The van der Waals surface area contributed by atoms with Gasteiger partial charge >= 0.3 is 0 Å². The molecule has 0 fully saturated rings. The maximum absolute atomic E-state index is 11.7. The van der Waals surface area contributed by atoms with Crippen molar-refractivity contribution in [3.05, 3.63) is 18.1 Å². The zero-order chi connectivity index (χ0) is 11.3. The van der Waals surface area contributed by atoms with Crippen molar-refractivity contribution in [1.82, 2.24) is 14.9 Å². The van der Waals surface area contributed by atoms with E-state index in [0.717, 1.165) is 5.75 Å². The topological polar surface area (TPSA) is 72.1 Å². The monoisotopic (exact) mass is 226 g/mol. The highest BCUT2D eigenvalue weighted by molar-refractivity contribution is 7.98. The summed E-state index contributed by atoms with van der Waals surface area (Å²) in [4.78, 5) is 21.1. The van der Waals surface area contributed by atoms with E-state index in [0.29, 0.717) is 18.1 Å². The van der Waals surface area contributed by atoms with E-state index in [1.807, 2.05) is 6.26 Å². The smallest absolute Gasteiger partial charge is 0.273 e. The van der Waals surface area contributed by atoms with Gasteiger partial charge in [-0.3, -0.25) is 4.79 Å². The van der Waals surface area contributed by atoms with Crippen LogP contribution >= 0.6 is 11.8 Å². The van der Waals surface area contributed by atoms with Crippen LogP contribution in [0, 0.1) is 0 Å². The Hall–Kier alpha value is -1.30. The average Bonchev–Trinajstić information content (AvgIpc) is 2.26. The number of aromatic nitrogens is 2. The van der Waals surface area contributed by atoms with Crippen molar-refractivity contribution in [2.24, 2.45) is 0 Å². The van der Waals surface area contributed by atoms with Crippen LogP contribution in [0.1, 0.15) is 10.5 Å². The normalized spacial score (nSPS) is 10.0. The molecule has 0 aromatic carbocycles. The molecule has 1 aromatic heterocycles. The standard InChI is InChI=1S/C9H14N4OS/c1-13(3-4-15-2)9(14)7-5-12-8(10)6-11-7/h5-6H,3-4H2,1-2H3,(H2,10,12). The summed E-state index contributed by atoms with van der Waals surface area (Å²) < 4.78 is 0. The van der Waals surface area contributed by atoms with Crippen LogP contribution < -0.4 is 5.73 Å². The molecule has 5 nitrogen and oxygen atoms in total. The third kappa shape index (κ3) is 3.39. The highest BCUT2D eigenvalue weighted by atomic mass is 32.2. The number of hydrogen-bond acceptors (Lipinski definition) is 5. The molecule has 0 spiro atoms. The number of carbonyl (C=O) groups excluding carboxylic acids is 1. The maximum atomic E-state index is 11.7. The van der Waals surface area contributed by atoms with E-state index in [1.54, 1.807) is 23.7 Å². The lowest BCUT2D eigenvalue weighted by Crippen LogP contribution is -2.29. The molecule has 6 heteroatoms. The van der Waals surface area contributed by atoms with Gasteiger partial charge in [-0.05, 0) is 6.26 Å². The summed E-state index contributed by atoms with van der Waals surface area (Å²) in [7, 11) is 1.75. The summed E-state index contributed by atoms with van der Waals surface area (Å²) >= 11 is 1.70. The minimum Gasteiger partial charge on any atom is -0.382 e. The maximum Gasteiger partial charge on any atom is 0.273 e. The molecule has 1 heterocycles. The molecule has 0 aliphatic rings. The number of thioether (sulfide) groups is 1. The predicted molar refractivity (Wildman–Crippen MR) is 61.8 cm³/mol. The Labute approximate surface area is 93.1 Å². The molecular formula is C9H14N4OS. The minimum atomic E-state index is -0.128. The van der Waals surface area contributed by atoms with Crippen molar-refractivity contribution in [3.8, 4) is 0 Å². The number of nitrogen functional groups attached to an aromatic ring is 1. The van der Waals surface area contributed by atoms with Gasteiger partial charge in [0.1, 0.15) is 11.5 Å². The van der Waals surface area contributed by atoms with Gasteiger partial charge in [-0.1, -0.05) is 0 Å². The van der Waals surface area contributed by atoms with Gasteiger partial charge in [-0.25, -0.2) is 9.97 Å². The van der Waals surface area contributed by atoms with Crippen molar-refractivity contribution < 1.29 is 4.79 Å². The molecule has 0 saturated heterocycles. The largest absolute Gasteiger partial charge is 0.382 e. The predicted octanol–water partition coefficient (Wildman–Crippen LogP) is 0.494. The van der Waals surface area contributed by atoms with Gasteiger partial charge in [-0.15, -0.1) is 0 Å². The Kier molecular flexibility index (Phi) is 4.36. The number of amides is 1. The number of nitrogens with two attached hydrogens (primary N) is 1. The third-order valence-corrected chi connectivity index (χ3v) is 2.46. The summed E-state index contributed by atoms with van der Waals surface area (Å²) in [6, 6.07) is 0. The van der Waals surface area contributed by atoms with Gasteiger partial charge in [0.25, 0.3) is 5.91 Å². The molecule has 0 radical (unpaired) electrons. The Morgan fingerprint density at radius 1 is 1.53 bits per heavy atom. The van der Waals surface area contributed by atoms with Crippen LogP contribution in [0.5, 0.6) is 0 Å². The second-order valence-electron chi connectivity index (χ2n) is 3.05. The van der Waals surface area contributed by atoms with E-state index in [-0.39, 0.29) is 5.91 Å². The first kappa shape index (κ1) is 11.8. The van der Waals surface area contributed by atoms with Crippen LogP contribution in [-0.2, 0) is 0 Å². The molecule has 15 heavy (non-hydrogen) atoms. The van der Waals surface area contributed by atoms with Gasteiger partial charge in [0.05, 0.1) is 12.4 Å². The number of nitrogens with zero attached hydrogens (tertiary/aromatic N) is 3. The highest BCUT2D eigenvalue weighted by Crippen LogP contribution is 2.01. The van der Waals surface area contributed by atoms with E-state index >= 15 is 0 Å². The Morgan fingerprint density at radius 3 is 2.80 bits per heavy atom. The molecule has 1 rings (SSSR count). The number of anilines is 1. The zero-order valence-corrected chi connectivity index (χ0v) is 9.62. The van der Waals surface area contributed by atoms with E-state index in [9.17, 15) is 4.79 Å². The second-order valence-corrected chi connectivity index (χ2v) is 4.03. The molecule has 0 bridgehead atoms. The Morgan fingerprint density at radius 2 is 2.27 bits per heavy atom. The van der Waals surface area contributed by atoms with Crippen LogP contribution in [0.25, 0.3) is 0 Å². The molecule has 2 N–H and O–H groups in total. The van der Waals surface area contributed by atoms with Crippen LogP contribution in [0.4, 0.5) is 5.82 Å². The number of carbonyl (C=O) groups is 1. The lowest BCUT2D eigenvalue weighted by atomic mass is 10.4. The summed E-state index contributed by atoms with van der Waals surface area (Å²) in [5, 5.41) is 0. The first-order chi connectivity index (χ1) is 7.15. The molecule has 0 saturated carbocycles. The van der Waals surface area contributed by atoms with Crippen LogP contribution in [0.15, 0.2) is 12.4 Å². The summed E-state index contributed by atoms with van der Waals surface area (Å²) in [6.07, 6.45) is 4.78. The molecule has 0 atom stereocenters. The minimum absolute atomic E-state index is 0.128. The van der Waals surface area contributed by atoms with Crippen molar-refractivity contribution in [2.45, 2.75) is 0 Å². The first-order valence-electron chi connectivity index (χ1n) is 4.47. The molecular weight excluding hydrogens is 212 g/mol. The SMILES string of the molecule is CSCCN(C)C(=O)c1cnc(N)cn1. The summed E-state index contributed by atoms with van der Waals surface area (Å²) in [5.74, 6) is 1.10. The number of hydrogen-bond donors (Lipinski definition) is 1. The highest BCUT2D eigenvalue weighted by Gasteiger charge is 2.12. The van der Waals surface area contributed by atoms with Gasteiger partial charge < -0.3 is 10.6 Å². The average molecular weight is 226 g/mol. The zero-order valence-electron chi connectivity index (χ0n) is 8.80. The van der Waals surface area contributed by atoms with Gasteiger partial charge in [0, 0.05) is 19.3 Å². The van der Waals surface area contributed by atoms with Gasteiger partial charge in [0.15, 0.2) is 0 Å². The molecule has 0 aliphatic heterocycles. The van der Waals surface area contributed by atoms with Gasteiger partial charge in [0.2, 0.25) is 0 Å². The summed E-state index contributed by atoms with van der Waals surface area (Å²) in [5.41, 5.74) is 5.71. The van der Waals surface area contributed by atoms with E-state index in [1.165, 1.54) is 12.4 Å². The quantitative estimate of drug-likeness (QED) is 0.809. The fraction of sp³-hybridized carbons (Fsp3) is 0.444. The van der Waals surface area contributed by atoms with Crippen molar-refractivity contribution in [1.29, 1.82) is 0 Å². The van der Waals surface area contributed by atoms with Crippen LogP contribution in [0.3, 0.4) is 0 Å². The second kappa shape index (κ2) is 5.55. The summed E-state index contributed by atoms with van der Waals surface area (Å²) in [6.45, 7) is 0.700. The third-order valence-electron chi connectivity index (χ3n) is 1.87. The van der Waals surface area contributed by atoms with Crippen LogP contribution in [-0.4, -0.2) is 46.4 Å². The van der Waals surface area contributed by atoms with Gasteiger partial charge in [-0.2, -0.15) is 11.8 Å². The fourth-order valence-electron chi connectivity index (χ4n) is 0.974. The lowest BCUT2D eigenvalue weighted by molar-refractivity contribution is 0.0797. The Balaban J connectivity index is 2.63. The molecule has 1 amide bonds. The molecule has 0 aliphatic carbocycles.